The van der Waals surface area contributed by atoms with E-state index in [9.17, 15) is 19.8 Å². The Morgan fingerprint density at radius 2 is 1.04 bits per heavy atom. The summed E-state index contributed by atoms with van der Waals surface area (Å²) in [6.07, 6.45) is 47.4. The number of hydrogen-bond donors (Lipinski definition) is 3. The highest BCUT2D eigenvalue weighted by Crippen LogP contribution is 2.17. The summed E-state index contributed by atoms with van der Waals surface area (Å²) in [5, 5.41) is 23.6. The van der Waals surface area contributed by atoms with Crippen molar-refractivity contribution in [3.05, 3.63) is 48.6 Å². The van der Waals surface area contributed by atoms with Gasteiger partial charge in [-0.25, -0.2) is 0 Å². The van der Waals surface area contributed by atoms with Crippen molar-refractivity contribution in [2.75, 3.05) is 6.61 Å². The maximum atomic E-state index is 13.1. The van der Waals surface area contributed by atoms with Gasteiger partial charge in [-0.05, 0) is 70.6 Å². The average molecular weight is 744 g/mol. The van der Waals surface area contributed by atoms with Crippen molar-refractivity contribution in [2.45, 2.75) is 232 Å². The number of aliphatic hydroxyl groups is 2. The molecule has 0 saturated carbocycles. The van der Waals surface area contributed by atoms with Crippen molar-refractivity contribution in [1.82, 2.24) is 5.32 Å². The van der Waals surface area contributed by atoms with Gasteiger partial charge in [-0.2, -0.15) is 0 Å². The molecule has 0 aliphatic rings. The Morgan fingerprint density at radius 3 is 1.64 bits per heavy atom. The summed E-state index contributed by atoms with van der Waals surface area (Å²) in [6.45, 7) is 6.29. The molecule has 0 radical (unpaired) electrons. The van der Waals surface area contributed by atoms with Gasteiger partial charge in [-0.1, -0.05) is 179 Å². The number of carbonyl (C=O) groups excluding carboxylic acids is 2. The van der Waals surface area contributed by atoms with Crippen molar-refractivity contribution in [3.8, 4) is 0 Å². The second kappa shape index (κ2) is 41.0. The summed E-state index contributed by atoms with van der Waals surface area (Å²) < 4.78 is 5.87. The number of hydrogen-bond acceptors (Lipinski definition) is 5. The van der Waals surface area contributed by atoms with Crippen LogP contribution in [-0.2, 0) is 14.3 Å². The van der Waals surface area contributed by atoms with Crippen LogP contribution in [0.2, 0.25) is 0 Å². The summed E-state index contributed by atoms with van der Waals surface area (Å²) >= 11 is 0. The SMILES string of the molecule is CC/C=C/C=C/C=C\CCCCCCCC(=O)OC(CCCCC/C=C\CCCCC)CC(=O)NC(CO)C(O)CCCCCCCCCCCCC. The summed E-state index contributed by atoms with van der Waals surface area (Å²) in [5.74, 6) is -0.517. The first kappa shape index (κ1) is 50.8. The standard InChI is InChI=1S/C47H85NO5/c1-4-7-10-13-16-19-22-23-25-28-31-34-37-40-47(52)53-43(38-35-32-29-26-21-18-15-12-9-6-3)41-46(51)48-44(42-49)45(50)39-36-33-30-27-24-20-17-14-11-8-5-2/h7,10,13,16,18-19,21-22,43-45,49-50H,4-6,8-9,11-12,14-15,17,20,23-42H2,1-3H3,(H,48,51)/b10-7+,16-13+,21-18-,22-19-. The van der Waals surface area contributed by atoms with Gasteiger partial charge in [0, 0.05) is 6.42 Å². The Kier molecular flexibility index (Phi) is 39.3. The number of nitrogens with one attached hydrogen (secondary N) is 1. The molecule has 0 saturated heterocycles. The third kappa shape index (κ3) is 36.6. The molecule has 1 amide bonds. The molecule has 0 aromatic rings. The van der Waals surface area contributed by atoms with E-state index in [1.165, 1.54) is 70.6 Å². The summed E-state index contributed by atoms with van der Waals surface area (Å²) in [6, 6.07) is -0.707. The molecule has 0 heterocycles. The summed E-state index contributed by atoms with van der Waals surface area (Å²) in [7, 11) is 0. The van der Waals surface area contributed by atoms with E-state index < -0.39 is 18.2 Å². The van der Waals surface area contributed by atoms with E-state index in [4.69, 9.17) is 4.74 Å². The Labute approximate surface area is 327 Å². The van der Waals surface area contributed by atoms with Crippen molar-refractivity contribution < 1.29 is 24.5 Å². The van der Waals surface area contributed by atoms with Crippen LogP contribution >= 0.6 is 0 Å². The number of rotatable bonds is 39. The fourth-order valence-corrected chi connectivity index (χ4v) is 6.54. The molecule has 3 unspecified atom stereocenters. The van der Waals surface area contributed by atoms with E-state index in [1.54, 1.807) is 0 Å². The molecule has 308 valence electrons. The van der Waals surface area contributed by atoms with E-state index >= 15 is 0 Å². The zero-order valence-electron chi connectivity index (χ0n) is 34.9. The molecule has 0 rings (SSSR count). The molecule has 0 aliphatic carbocycles. The monoisotopic (exact) mass is 744 g/mol. The highest BCUT2D eigenvalue weighted by atomic mass is 16.5. The van der Waals surface area contributed by atoms with Crippen molar-refractivity contribution in [1.29, 1.82) is 0 Å². The third-order valence-corrected chi connectivity index (χ3v) is 9.95. The minimum Gasteiger partial charge on any atom is -0.462 e. The number of unbranched alkanes of at least 4 members (excludes halogenated alkanes) is 21. The highest BCUT2D eigenvalue weighted by Gasteiger charge is 2.24. The predicted octanol–water partition coefficient (Wildman–Crippen LogP) is 12.7. The van der Waals surface area contributed by atoms with Crippen LogP contribution < -0.4 is 5.32 Å². The number of aliphatic hydroxyl groups excluding tert-OH is 2. The minimum absolute atomic E-state index is 0.0579. The second-order valence-corrected chi connectivity index (χ2v) is 15.1. The van der Waals surface area contributed by atoms with Gasteiger partial charge in [-0.3, -0.25) is 9.59 Å². The zero-order valence-corrected chi connectivity index (χ0v) is 34.9. The second-order valence-electron chi connectivity index (χ2n) is 15.1. The van der Waals surface area contributed by atoms with Crippen LogP contribution in [0.15, 0.2) is 48.6 Å². The van der Waals surface area contributed by atoms with Crippen molar-refractivity contribution in [2.24, 2.45) is 0 Å². The maximum absolute atomic E-state index is 13.1. The molecule has 0 aliphatic heterocycles. The van der Waals surface area contributed by atoms with E-state index in [0.717, 1.165) is 96.3 Å². The molecule has 6 heteroatoms. The van der Waals surface area contributed by atoms with Crippen LogP contribution in [0.25, 0.3) is 0 Å². The van der Waals surface area contributed by atoms with Gasteiger partial charge < -0.3 is 20.3 Å². The molecule has 3 atom stereocenters. The quantitative estimate of drug-likeness (QED) is 0.0252. The van der Waals surface area contributed by atoms with E-state index in [1.807, 2.05) is 0 Å². The molecule has 0 fully saturated rings. The normalized spacial score (nSPS) is 13.8. The van der Waals surface area contributed by atoms with Gasteiger partial charge in [0.15, 0.2) is 0 Å². The van der Waals surface area contributed by atoms with Crippen LogP contribution in [0.3, 0.4) is 0 Å². The fourth-order valence-electron chi connectivity index (χ4n) is 6.54. The van der Waals surface area contributed by atoms with Crippen LogP contribution in [0.5, 0.6) is 0 Å². The Balaban J connectivity index is 4.62. The molecule has 6 nitrogen and oxygen atoms in total. The van der Waals surface area contributed by atoms with Crippen LogP contribution in [-0.4, -0.2) is 46.9 Å². The average Bonchev–Trinajstić information content (AvgIpc) is 3.15. The van der Waals surface area contributed by atoms with Crippen LogP contribution in [0.4, 0.5) is 0 Å². The molecular weight excluding hydrogens is 659 g/mol. The number of esters is 1. The lowest BCUT2D eigenvalue weighted by Gasteiger charge is -2.24. The first-order chi connectivity index (χ1) is 26.0. The number of carbonyl (C=O) groups is 2. The van der Waals surface area contributed by atoms with E-state index in [-0.39, 0.29) is 24.9 Å². The van der Waals surface area contributed by atoms with Gasteiger partial charge in [0.25, 0.3) is 0 Å². The summed E-state index contributed by atoms with van der Waals surface area (Å²) in [4.78, 5) is 25.9. The van der Waals surface area contributed by atoms with Gasteiger partial charge in [-0.15, -0.1) is 0 Å². The molecule has 3 N–H and O–H groups in total. The van der Waals surface area contributed by atoms with Gasteiger partial charge in [0.2, 0.25) is 5.91 Å². The largest absolute Gasteiger partial charge is 0.462 e. The Morgan fingerprint density at radius 1 is 0.566 bits per heavy atom. The third-order valence-electron chi connectivity index (χ3n) is 9.95. The number of amides is 1. The van der Waals surface area contributed by atoms with Crippen molar-refractivity contribution >= 4 is 11.9 Å². The van der Waals surface area contributed by atoms with Crippen molar-refractivity contribution in [3.63, 3.8) is 0 Å². The minimum atomic E-state index is -0.792. The van der Waals surface area contributed by atoms with Crippen LogP contribution in [0.1, 0.15) is 213 Å². The molecular formula is C47H85NO5. The first-order valence-electron chi connectivity index (χ1n) is 22.4. The number of ether oxygens (including phenoxy) is 1. The molecule has 0 aromatic heterocycles. The molecule has 0 spiro atoms. The lowest BCUT2D eigenvalue weighted by molar-refractivity contribution is -0.151. The highest BCUT2D eigenvalue weighted by molar-refractivity contribution is 5.77. The van der Waals surface area contributed by atoms with Crippen LogP contribution in [0, 0.1) is 0 Å². The number of allylic oxidation sites excluding steroid dienone is 8. The van der Waals surface area contributed by atoms with E-state index in [2.05, 4.69) is 74.7 Å². The topological polar surface area (TPSA) is 95.9 Å². The van der Waals surface area contributed by atoms with Gasteiger partial charge in [0.05, 0.1) is 25.2 Å². The lowest BCUT2D eigenvalue weighted by Crippen LogP contribution is -2.46. The fraction of sp³-hybridized carbons (Fsp3) is 0.787. The Hall–Kier alpha value is -2.18. The van der Waals surface area contributed by atoms with Gasteiger partial charge >= 0.3 is 5.97 Å². The maximum Gasteiger partial charge on any atom is 0.306 e. The first-order valence-corrected chi connectivity index (χ1v) is 22.4. The zero-order chi connectivity index (χ0) is 38.9. The van der Waals surface area contributed by atoms with Gasteiger partial charge in [0.1, 0.15) is 6.10 Å². The molecule has 0 aromatic carbocycles. The molecule has 53 heavy (non-hydrogen) atoms. The molecule has 0 bridgehead atoms. The predicted molar refractivity (Wildman–Crippen MR) is 227 cm³/mol. The van der Waals surface area contributed by atoms with E-state index in [0.29, 0.717) is 19.3 Å². The lowest BCUT2D eigenvalue weighted by atomic mass is 10.0. The summed E-state index contributed by atoms with van der Waals surface area (Å²) in [5.41, 5.74) is 0. The Bertz CT molecular complexity index is 926. The smallest absolute Gasteiger partial charge is 0.306 e.